The number of aliphatic hydroxyl groups is 1. The van der Waals surface area contributed by atoms with Crippen LogP contribution in [0, 0.1) is 0 Å². The molecule has 1 N–H and O–H groups in total. The summed E-state index contributed by atoms with van der Waals surface area (Å²) in [5.74, 6) is -0.623. The molecule has 2 aliphatic rings. The molecule has 0 saturated heterocycles. The van der Waals surface area contributed by atoms with Crippen LogP contribution in [0.3, 0.4) is 0 Å². The summed E-state index contributed by atoms with van der Waals surface area (Å²) in [6.07, 6.45) is 1.84. The Morgan fingerprint density at radius 3 is 3.06 bits per heavy atom. The lowest BCUT2D eigenvalue weighted by molar-refractivity contribution is -0.149. The molecule has 6 heteroatoms. The van der Waals surface area contributed by atoms with Gasteiger partial charge in [-0.1, -0.05) is 0 Å². The smallest absolute Gasteiger partial charge is 0.304 e. The summed E-state index contributed by atoms with van der Waals surface area (Å²) in [6.45, 7) is 1.52. The van der Waals surface area contributed by atoms with E-state index in [0.717, 1.165) is 0 Å². The number of fused-ring (bicyclic) bond motifs is 2. The summed E-state index contributed by atoms with van der Waals surface area (Å²) in [5.41, 5.74) is 0.971. The van der Waals surface area contributed by atoms with Crippen molar-refractivity contribution in [3.05, 3.63) is 35.8 Å². The number of hydrogen-bond donors (Lipinski definition) is 1. The van der Waals surface area contributed by atoms with E-state index < -0.39 is 18.3 Å². The third kappa shape index (κ3) is 1.46. The van der Waals surface area contributed by atoms with E-state index in [-0.39, 0.29) is 12.5 Å². The molecule has 2 aliphatic heterocycles. The van der Waals surface area contributed by atoms with Crippen LogP contribution in [0.4, 0.5) is 0 Å². The van der Waals surface area contributed by atoms with Gasteiger partial charge in [-0.3, -0.25) is 9.59 Å². The van der Waals surface area contributed by atoms with Gasteiger partial charge in [-0.2, -0.15) is 0 Å². The second-order valence-corrected chi connectivity index (χ2v) is 4.34. The zero-order valence-electron chi connectivity index (χ0n) is 9.74. The van der Waals surface area contributed by atoms with Crippen LogP contribution in [0.5, 0.6) is 0 Å². The minimum atomic E-state index is -0.716. The predicted molar refractivity (Wildman–Crippen MR) is 60.4 cm³/mol. The molecule has 3 heterocycles. The van der Waals surface area contributed by atoms with Gasteiger partial charge in [0.05, 0.1) is 18.3 Å². The number of aromatic nitrogens is 1. The van der Waals surface area contributed by atoms with Crippen molar-refractivity contribution < 1.29 is 19.4 Å². The SMILES string of the molecule is CC(=O)OC1C2=C[C@@H](O)CN2C(=O)c2cccn21. The number of carbonyl (C=O) groups excluding carboxylic acids is 2. The molecule has 0 fully saturated rings. The number of ether oxygens (including phenoxy) is 1. The zero-order chi connectivity index (χ0) is 12.9. The number of aliphatic hydroxyl groups excluding tert-OH is 1. The molecule has 1 amide bonds. The van der Waals surface area contributed by atoms with Gasteiger partial charge in [-0.05, 0) is 18.2 Å². The van der Waals surface area contributed by atoms with E-state index >= 15 is 0 Å². The van der Waals surface area contributed by atoms with Crippen molar-refractivity contribution in [2.45, 2.75) is 19.3 Å². The van der Waals surface area contributed by atoms with Crippen molar-refractivity contribution in [3.63, 3.8) is 0 Å². The normalized spacial score (nSPS) is 25.6. The molecule has 3 rings (SSSR count). The molecule has 2 atom stereocenters. The molecule has 0 saturated carbocycles. The Labute approximate surface area is 103 Å². The molecule has 1 aromatic heterocycles. The summed E-state index contributed by atoms with van der Waals surface area (Å²) in [4.78, 5) is 24.8. The summed E-state index contributed by atoms with van der Waals surface area (Å²) in [7, 11) is 0. The summed E-state index contributed by atoms with van der Waals surface area (Å²) in [5, 5.41) is 9.63. The zero-order valence-corrected chi connectivity index (χ0v) is 9.74. The molecule has 0 radical (unpaired) electrons. The largest absolute Gasteiger partial charge is 0.435 e. The number of esters is 1. The fraction of sp³-hybridized carbons (Fsp3) is 0.333. The van der Waals surface area contributed by atoms with Crippen molar-refractivity contribution >= 4 is 11.9 Å². The van der Waals surface area contributed by atoms with Crippen LogP contribution in [0.1, 0.15) is 23.6 Å². The Kier molecular flexibility index (Phi) is 2.27. The first-order chi connectivity index (χ1) is 8.58. The van der Waals surface area contributed by atoms with Crippen molar-refractivity contribution in [3.8, 4) is 0 Å². The number of nitrogens with zero attached hydrogens (tertiary/aromatic N) is 2. The molecule has 18 heavy (non-hydrogen) atoms. The minimum absolute atomic E-state index is 0.189. The third-order valence-corrected chi connectivity index (χ3v) is 3.07. The van der Waals surface area contributed by atoms with E-state index in [0.29, 0.717) is 11.4 Å². The molecule has 0 aromatic carbocycles. The maximum absolute atomic E-state index is 12.1. The second kappa shape index (κ2) is 3.71. The first kappa shape index (κ1) is 11.0. The van der Waals surface area contributed by atoms with Crippen LogP contribution in [-0.2, 0) is 9.53 Å². The van der Waals surface area contributed by atoms with Gasteiger partial charge in [0.25, 0.3) is 5.91 Å². The molecule has 6 nitrogen and oxygen atoms in total. The monoisotopic (exact) mass is 248 g/mol. The highest BCUT2D eigenvalue weighted by molar-refractivity contribution is 5.95. The average Bonchev–Trinajstić information content (AvgIpc) is 2.89. The van der Waals surface area contributed by atoms with Gasteiger partial charge < -0.3 is 19.3 Å². The van der Waals surface area contributed by atoms with Crippen LogP contribution < -0.4 is 0 Å². The summed E-state index contributed by atoms with van der Waals surface area (Å²) >= 11 is 0. The molecule has 1 aromatic rings. The van der Waals surface area contributed by atoms with Crippen molar-refractivity contribution in [1.29, 1.82) is 0 Å². The van der Waals surface area contributed by atoms with Crippen LogP contribution in [0.15, 0.2) is 30.1 Å². The fourth-order valence-electron chi connectivity index (χ4n) is 2.38. The quantitative estimate of drug-likeness (QED) is 0.724. The third-order valence-electron chi connectivity index (χ3n) is 3.07. The van der Waals surface area contributed by atoms with E-state index in [1.807, 2.05) is 0 Å². The number of carbonyl (C=O) groups is 2. The van der Waals surface area contributed by atoms with Gasteiger partial charge in [0, 0.05) is 13.1 Å². The van der Waals surface area contributed by atoms with E-state index in [2.05, 4.69) is 0 Å². The average molecular weight is 248 g/mol. The van der Waals surface area contributed by atoms with Gasteiger partial charge in [0.2, 0.25) is 6.23 Å². The molecule has 1 unspecified atom stereocenters. The first-order valence-electron chi connectivity index (χ1n) is 5.63. The van der Waals surface area contributed by atoms with Crippen LogP contribution in [0.2, 0.25) is 0 Å². The van der Waals surface area contributed by atoms with Gasteiger partial charge in [0.15, 0.2) is 0 Å². The summed E-state index contributed by atoms with van der Waals surface area (Å²) < 4.78 is 6.84. The number of amides is 1. The Balaban J connectivity index is 2.10. The van der Waals surface area contributed by atoms with Crippen LogP contribution >= 0.6 is 0 Å². The minimum Gasteiger partial charge on any atom is -0.435 e. The van der Waals surface area contributed by atoms with Crippen molar-refractivity contribution in [1.82, 2.24) is 9.47 Å². The van der Waals surface area contributed by atoms with Crippen molar-refractivity contribution in [2.24, 2.45) is 0 Å². The van der Waals surface area contributed by atoms with E-state index in [4.69, 9.17) is 4.74 Å². The topological polar surface area (TPSA) is 71.8 Å². The first-order valence-corrected chi connectivity index (χ1v) is 5.63. The Morgan fingerprint density at radius 1 is 1.56 bits per heavy atom. The lowest BCUT2D eigenvalue weighted by atomic mass is 10.2. The second-order valence-electron chi connectivity index (χ2n) is 4.34. The summed E-state index contributed by atoms with van der Waals surface area (Å²) in [6, 6.07) is 3.39. The van der Waals surface area contributed by atoms with E-state index in [1.54, 1.807) is 29.0 Å². The molecule has 0 bridgehead atoms. The molecular formula is C12H12N2O4. The number of rotatable bonds is 1. The Hall–Kier alpha value is -2.08. The van der Waals surface area contributed by atoms with Gasteiger partial charge in [-0.25, -0.2) is 0 Å². The van der Waals surface area contributed by atoms with Crippen LogP contribution in [-0.4, -0.2) is 39.1 Å². The maximum atomic E-state index is 12.1. The number of hydrogen-bond acceptors (Lipinski definition) is 4. The molecular weight excluding hydrogens is 236 g/mol. The van der Waals surface area contributed by atoms with E-state index in [1.165, 1.54) is 11.8 Å². The highest BCUT2D eigenvalue weighted by Gasteiger charge is 2.40. The molecule has 0 spiro atoms. The highest BCUT2D eigenvalue weighted by atomic mass is 16.6. The predicted octanol–water partition coefficient (Wildman–Crippen LogP) is 0.264. The molecule has 94 valence electrons. The van der Waals surface area contributed by atoms with Gasteiger partial charge in [0.1, 0.15) is 5.69 Å². The highest BCUT2D eigenvalue weighted by Crippen LogP contribution is 2.35. The van der Waals surface area contributed by atoms with Gasteiger partial charge >= 0.3 is 5.97 Å². The molecule has 0 aliphatic carbocycles. The van der Waals surface area contributed by atoms with E-state index in [9.17, 15) is 14.7 Å². The lowest BCUT2D eigenvalue weighted by Gasteiger charge is -2.33. The van der Waals surface area contributed by atoms with Crippen molar-refractivity contribution in [2.75, 3.05) is 6.54 Å². The van der Waals surface area contributed by atoms with Crippen LogP contribution in [0.25, 0.3) is 0 Å². The Morgan fingerprint density at radius 2 is 2.33 bits per heavy atom. The Bertz CT molecular complexity index is 560. The van der Waals surface area contributed by atoms with Gasteiger partial charge in [-0.15, -0.1) is 0 Å². The fourth-order valence-corrected chi connectivity index (χ4v) is 2.38. The maximum Gasteiger partial charge on any atom is 0.304 e. The lowest BCUT2D eigenvalue weighted by Crippen LogP contribution is -2.41. The standard InChI is InChI=1S/C12H12N2O4/c1-7(15)18-12-10-5-8(16)6-14(10)11(17)9-3-2-4-13(9)12/h2-5,8,12,16H,6H2,1H3/t8-,12?/m1/s1.